The number of nitrogens with one attached hydrogen (secondary N) is 1. The van der Waals surface area contributed by atoms with Crippen molar-refractivity contribution < 1.29 is 10.2 Å². The number of hydrogen-bond donors (Lipinski definition) is 3. The fraction of sp³-hybridized carbons (Fsp3) is 0.833. The predicted molar refractivity (Wildman–Crippen MR) is 66.8 cm³/mol. The molecule has 6 nitrogen and oxygen atoms in total. The molecule has 2 rings (SSSR count). The zero-order chi connectivity index (χ0) is 12.8. The van der Waals surface area contributed by atoms with E-state index in [0.29, 0.717) is 19.0 Å². The van der Waals surface area contributed by atoms with Gasteiger partial charge in [0.25, 0.3) is 0 Å². The summed E-state index contributed by atoms with van der Waals surface area (Å²) in [5, 5.41) is 29.6. The van der Waals surface area contributed by atoms with Crippen LogP contribution in [0.3, 0.4) is 0 Å². The summed E-state index contributed by atoms with van der Waals surface area (Å²) in [6, 6.07) is 0. The van der Waals surface area contributed by atoms with E-state index >= 15 is 0 Å². The van der Waals surface area contributed by atoms with Crippen molar-refractivity contribution in [2.75, 3.05) is 13.2 Å². The quantitative estimate of drug-likeness (QED) is 0.661. The van der Waals surface area contributed by atoms with Gasteiger partial charge in [0.05, 0.1) is 24.9 Å². The van der Waals surface area contributed by atoms with Gasteiger partial charge in [-0.2, -0.15) is 0 Å². The molecule has 0 aromatic carbocycles. The van der Waals surface area contributed by atoms with E-state index in [1.54, 1.807) is 4.68 Å². The summed E-state index contributed by atoms with van der Waals surface area (Å²) in [4.78, 5) is 0. The topological polar surface area (TPSA) is 83.2 Å². The fourth-order valence-electron chi connectivity index (χ4n) is 2.48. The summed E-state index contributed by atoms with van der Waals surface area (Å²) < 4.78 is 1.64. The van der Waals surface area contributed by atoms with Crippen molar-refractivity contribution in [3.63, 3.8) is 0 Å². The number of aliphatic hydroxyl groups excluding tert-OH is 2. The van der Waals surface area contributed by atoms with E-state index in [1.165, 1.54) is 6.42 Å². The molecule has 3 N–H and O–H groups in total. The van der Waals surface area contributed by atoms with Gasteiger partial charge in [-0.15, -0.1) is 5.10 Å². The smallest absolute Gasteiger partial charge is 0.0964 e. The Labute approximate surface area is 107 Å². The molecule has 2 atom stereocenters. The first-order valence-corrected chi connectivity index (χ1v) is 6.66. The molecular formula is C12H22N4O2. The Bertz CT molecular complexity index is 356. The SMILES string of the molecule is OCCn1cc(CNCC2CCCC(O)C2)nn1. The highest BCUT2D eigenvalue weighted by Crippen LogP contribution is 2.23. The molecule has 18 heavy (non-hydrogen) atoms. The van der Waals surface area contributed by atoms with Crippen molar-refractivity contribution in [3.05, 3.63) is 11.9 Å². The molecule has 0 radical (unpaired) electrons. The van der Waals surface area contributed by atoms with Crippen molar-refractivity contribution in [2.45, 2.75) is 44.9 Å². The Morgan fingerprint density at radius 2 is 2.33 bits per heavy atom. The maximum atomic E-state index is 9.58. The minimum atomic E-state index is -0.115. The van der Waals surface area contributed by atoms with E-state index in [9.17, 15) is 5.11 Å². The van der Waals surface area contributed by atoms with E-state index < -0.39 is 0 Å². The molecule has 0 saturated heterocycles. The van der Waals surface area contributed by atoms with Gasteiger partial charge in [-0.25, -0.2) is 4.68 Å². The van der Waals surface area contributed by atoms with Gasteiger partial charge in [-0.1, -0.05) is 11.6 Å². The summed E-state index contributed by atoms with van der Waals surface area (Å²) in [6.45, 7) is 2.18. The minimum absolute atomic E-state index is 0.0796. The third kappa shape index (κ3) is 4.04. The van der Waals surface area contributed by atoms with Crippen LogP contribution in [0.4, 0.5) is 0 Å². The van der Waals surface area contributed by atoms with Crippen LogP contribution < -0.4 is 5.32 Å². The van der Waals surface area contributed by atoms with E-state index in [2.05, 4.69) is 15.6 Å². The van der Waals surface area contributed by atoms with E-state index in [0.717, 1.165) is 31.5 Å². The Morgan fingerprint density at radius 3 is 3.11 bits per heavy atom. The number of aliphatic hydroxyl groups is 2. The Balaban J connectivity index is 1.67. The van der Waals surface area contributed by atoms with Gasteiger partial charge in [0.2, 0.25) is 0 Å². The second-order valence-electron chi connectivity index (χ2n) is 5.01. The first-order chi connectivity index (χ1) is 8.78. The van der Waals surface area contributed by atoms with Crippen molar-refractivity contribution in [1.82, 2.24) is 20.3 Å². The molecule has 1 aromatic heterocycles. The molecule has 6 heteroatoms. The summed E-state index contributed by atoms with van der Waals surface area (Å²) in [5.74, 6) is 0.571. The maximum Gasteiger partial charge on any atom is 0.0964 e. The fourth-order valence-corrected chi connectivity index (χ4v) is 2.48. The third-order valence-electron chi connectivity index (χ3n) is 3.41. The van der Waals surface area contributed by atoms with Crippen molar-refractivity contribution >= 4 is 0 Å². The summed E-state index contributed by atoms with van der Waals surface area (Å²) in [5.41, 5.74) is 0.889. The second kappa shape index (κ2) is 6.82. The molecule has 1 aromatic rings. The number of nitrogens with zero attached hydrogens (tertiary/aromatic N) is 3. The lowest BCUT2D eigenvalue weighted by Crippen LogP contribution is -2.29. The highest BCUT2D eigenvalue weighted by Gasteiger charge is 2.19. The van der Waals surface area contributed by atoms with Crippen LogP contribution in [-0.4, -0.2) is 44.5 Å². The summed E-state index contributed by atoms with van der Waals surface area (Å²) in [7, 11) is 0. The normalized spacial score (nSPS) is 24.3. The van der Waals surface area contributed by atoms with Gasteiger partial charge in [0.1, 0.15) is 0 Å². The second-order valence-corrected chi connectivity index (χ2v) is 5.01. The van der Waals surface area contributed by atoms with Crippen LogP contribution in [0, 0.1) is 5.92 Å². The molecule has 1 saturated carbocycles. The zero-order valence-electron chi connectivity index (χ0n) is 10.6. The highest BCUT2D eigenvalue weighted by molar-refractivity contribution is 4.91. The number of aromatic nitrogens is 3. The third-order valence-corrected chi connectivity index (χ3v) is 3.41. The standard InChI is InChI=1S/C12H22N4O2/c17-5-4-16-9-11(14-15-16)8-13-7-10-2-1-3-12(18)6-10/h9-10,12-13,17-18H,1-8H2. The van der Waals surface area contributed by atoms with E-state index in [1.807, 2.05) is 6.20 Å². The molecule has 0 aliphatic heterocycles. The molecule has 0 bridgehead atoms. The molecule has 1 heterocycles. The predicted octanol–water partition coefficient (Wildman–Crippen LogP) is -0.0889. The molecule has 1 fully saturated rings. The lowest BCUT2D eigenvalue weighted by atomic mass is 9.87. The zero-order valence-corrected chi connectivity index (χ0v) is 10.6. The average Bonchev–Trinajstić information content (AvgIpc) is 2.78. The van der Waals surface area contributed by atoms with Crippen LogP contribution in [0.5, 0.6) is 0 Å². The van der Waals surface area contributed by atoms with E-state index in [4.69, 9.17) is 5.11 Å². The highest BCUT2D eigenvalue weighted by atomic mass is 16.3. The largest absolute Gasteiger partial charge is 0.394 e. The molecule has 2 unspecified atom stereocenters. The molecular weight excluding hydrogens is 232 g/mol. The molecule has 0 spiro atoms. The number of hydrogen-bond acceptors (Lipinski definition) is 5. The van der Waals surface area contributed by atoms with Gasteiger partial charge < -0.3 is 15.5 Å². The molecule has 1 aliphatic carbocycles. The van der Waals surface area contributed by atoms with Gasteiger partial charge >= 0.3 is 0 Å². The van der Waals surface area contributed by atoms with Gasteiger partial charge in [-0.05, 0) is 31.7 Å². The Hall–Kier alpha value is -0.980. The van der Waals surface area contributed by atoms with Crippen molar-refractivity contribution in [3.8, 4) is 0 Å². The van der Waals surface area contributed by atoms with Crippen LogP contribution in [0.15, 0.2) is 6.20 Å². The van der Waals surface area contributed by atoms with Crippen molar-refractivity contribution in [1.29, 1.82) is 0 Å². The van der Waals surface area contributed by atoms with Crippen molar-refractivity contribution in [2.24, 2.45) is 5.92 Å². The van der Waals surface area contributed by atoms with Crippen LogP contribution in [-0.2, 0) is 13.1 Å². The lowest BCUT2D eigenvalue weighted by Gasteiger charge is -2.25. The van der Waals surface area contributed by atoms with Crippen LogP contribution in [0.25, 0.3) is 0 Å². The lowest BCUT2D eigenvalue weighted by molar-refractivity contribution is 0.101. The van der Waals surface area contributed by atoms with Gasteiger partial charge in [0, 0.05) is 12.7 Å². The Morgan fingerprint density at radius 1 is 1.44 bits per heavy atom. The first kappa shape index (κ1) is 13.5. The number of rotatable bonds is 6. The molecule has 1 aliphatic rings. The minimum Gasteiger partial charge on any atom is -0.394 e. The summed E-state index contributed by atoms with van der Waals surface area (Å²) >= 11 is 0. The maximum absolute atomic E-state index is 9.58. The molecule has 102 valence electrons. The first-order valence-electron chi connectivity index (χ1n) is 6.66. The van der Waals surface area contributed by atoms with Crippen LogP contribution in [0.1, 0.15) is 31.4 Å². The van der Waals surface area contributed by atoms with Gasteiger partial charge in [0.15, 0.2) is 0 Å². The van der Waals surface area contributed by atoms with Crippen LogP contribution >= 0.6 is 0 Å². The average molecular weight is 254 g/mol. The Kier molecular flexibility index (Phi) is 5.10. The van der Waals surface area contributed by atoms with Gasteiger partial charge in [-0.3, -0.25) is 0 Å². The molecule has 0 amide bonds. The monoisotopic (exact) mass is 254 g/mol. The van der Waals surface area contributed by atoms with Crippen LogP contribution in [0.2, 0.25) is 0 Å². The summed E-state index contributed by atoms with van der Waals surface area (Å²) in [6.07, 6.45) is 5.91. The van der Waals surface area contributed by atoms with E-state index in [-0.39, 0.29) is 12.7 Å².